The van der Waals surface area contributed by atoms with Crippen molar-refractivity contribution in [3.63, 3.8) is 0 Å². The predicted octanol–water partition coefficient (Wildman–Crippen LogP) is -0.482. The molecule has 0 heterocycles. The van der Waals surface area contributed by atoms with Gasteiger partial charge in [-0.1, -0.05) is 0 Å². The van der Waals surface area contributed by atoms with Crippen LogP contribution in [0.4, 0.5) is 0 Å². The lowest BCUT2D eigenvalue weighted by atomic mass is 9.75. The second kappa shape index (κ2) is 4.72. The minimum absolute atomic E-state index is 0.0957. The molecule has 4 unspecified atom stereocenters. The van der Waals surface area contributed by atoms with Gasteiger partial charge in [-0.05, 0) is 32.1 Å². The fraction of sp³-hybridized carbons (Fsp3) is 0.889. The van der Waals surface area contributed by atoms with Crippen LogP contribution < -0.4 is 22.7 Å². The molecular formula is C9H21N5. The van der Waals surface area contributed by atoms with E-state index in [-0.39, 0.29) is 18.0 Å². The molecule has 0 aromatic heterocycles. The summed E-state index contributed by atoms with van der Waals surface area (Å²) in [6.07, 6.45) is 2.75. The fourth-order valence-corrected chi connectivity index (χ4v) is 2.21. The Morgan fingerprint density at radius 1 is 1.50 bits per heavy atom. The lowest BCUT2D eigenvalue weighted by molar-refractivity contribution is 0.242. The third-order valence-corrected chi connectivity index (χ3v) is 3.19. The minimum atomic E-state index is 0.0957. The highest BCUT2D eigenvalue weighted by Gasteiger charge is 2.32. The second-order valence-corrected chi connectivity index (χ2v) is 4.25. The van der Waals surface area contributed by atoms with E-state index in [1.807, 2.05) is 6.92 Å². The van der Waals surface area contributed by atoms with Gasteiger partial charge in [0.15, 0.2) is 0 Å². The van der Waals surface area contributed by atoms with Gasteiger partial charge >= 0.3 is 0 Å². The average molecular weight is 199 g/mol. The summed E-state index contributed by atoms with van der Waals surface area (Å²) in [4.78, 5) is 0. The molecule has 0 spiro atoms. The SMILES string of the molecule is CC(N)C1CC(C(=N)NN)CCC1N. The van der Waals surface area contributed by atoms with Crippen molar-refractivity contribution in [3.8, 4) is 0 Å². The van der Waals surface area contributed by atoms with Crippen LogP contribution in [0.25, 0.3) is 0 Å². The normalized spacial score (nSPS) is 35.0. The molecule has 5 heteroatoms. The highest BCUT2D eigenvalue weighted by atomic mass is 15.2. The number of nitrogens with two attached hydrogens (primary N) is 3. The third kappa shape index (κ3) is 2.43. The van der Waals surface area contributed by atoms with E-state index in [1.165, 1.54) is 0 Å². The molecule has 82 valence electrons. The predicted molar refractivity (Wildman–Crippen MR) is 57.5 cm³/mol. The largest absolute Gasteiger partial charge is 0.328 e. The number of nitrogens with one attached hydrogen (secondary N) is 2. The van der Waals surface area contributed by atoms with Gasteiger partial charge in [-0.25, -0.2) is 5.84 Å². The Kier molecular flexibility index (Phi) is 3.86. The fourth-order valence-electron chi connectivity index (χ4n) is 2.21. The number of hydrazine groups is 1. The van der Waals surface area contributed by atoms with Crippen molar-refractivity contribution in [2.24, 2.45) is 29.1 Å². The average Bonchev–Trinajstić information content (AvgIpc) is 2.17. The summed E-state index contributed by atoms with van der Waals surface area (Å²) in [5, 5.41) is 7.61. The number of rotatable bonds is 2. The Labute approximate surface area is 84.9 Å². The van der Waals surface area contributed by atoms with Gasteiger partial charge in [0, 0.05) is 18.0 Å². The van der Waals surface area contributed by atoms with Crippen molar-refractivity contribution < 1.29 is 0 Å². The molecule has 1 saturated carbocycles. The zero-order valence-electron chi connectivity index (χ0n) is 8.66. The molecule has 1 rings (SSSR count). The quantitative estimate of drug-likeness (QED) is 0.179. The molecule has 0 amide bonds. The van der Waals surface area contributed by atoms with E-state index < -0.39 is 0 Å². The van der Waals surface area contributed by atoms with Gasteiger partial charge < -0.3 is 16.9 Å². The Balaban J connectivity index is 2.57. The van der Waals surface area contributed by atoms with E-state index in [2.05, 4.69) is 5.43 Å². The van der Waals surface area contributed by atoms with E-state index in [9.17, 15) is 0 Å². The van der Waals surface area contributed by atoms with E-state index in [1.54, 1.807) is 0 Å². The molecule has 0 aromatic carbocycles. The molecule has 1 fully saturated rings. The van der Waals surface area contributed by atoms with Crippen LogP contribution in [0.15, 0.2) is 0 Å². The molecule has 1 aliphatic carbocycles. The van der Waals surface area contributed by atoms with Crippen LogP contribution in [0.5, 0.6) is 0 Å². The summed E-state index contributed by atoms with van der Waals surface area (Å²) in [5.41, 5.74) is 14.3. The van der Waals surface area contributed by atoms with Crippen molar-refractivity contribution in [3.05, 3.63) is 0 Å². The molecule has 0 aliphatic heterocycles. The molecule has 0 bridgehead atoms. The Bertz CT molecular complexity index is 203. The topological polar surface area (TPSA) is 114 Å². The van der Waals surface area contributed by atoms with E-state index >= 15 is 0 Å². The first-order chi connectivity index (χ1) is 6.56. The van der Waals surface area contributed by atoms with Gasteiger partial charge in [0.2, 0.25) is 0 Å². The summed E-state index contributed by atoms with van der Waals surface area (Å²) in [6.45, 7) is 1.98. The maximum Gasteiger partial charge on any atom is 0.111 e. The van der Waals surface area contributed by atoms with Crippen molar-refractivity contribution in [1.29, 1.82) is 5.41 Å². The summed E-state index contributed by atoms with van der Waals surface area (Å²) < 4.78 is 0. The summed E-state index contributed by atoms with van der Waals surface area (Å²) in [7, 11) is 0. The Hall–Kier alpha value is -0.650. The number of hydrogen-bond donors (Lipinski definition) is 5. The van der Waals surface area contributed by atoms with Crippen LogP contribution in [0, 0.1) is 17.2 Å². The molecule has 1 aliphatic rings. The molecule has 14 heavy (non-hydrogen) atoms. The van der Waals surface area contributed by atoms with Gasteiger partial charge in [-0.15, -0.1) is 0 Å². The van der Waals surface area contributed by atoms with Crippen LogP contribution in [0.3, 0.4) is 0 Å². The number of amidine groups is 1. The van der Waals surface area contributed by atoms with Gasteiger partial charge in [0.05, 0.1) is 0 Å². The van der Waals surface area contributed by atoms with Gasteiger partial charge in [0.25, 0.3) is 0 Å². The van der Waals surface area contributed by atoms with Gasteiger partial charge in [0.1, 0.15) is 5.84 Å². The molecule has 5 nitrogen and oxygen atoms in total. The molecule has 0 aromatic rings. The maximum absolute atomic E-state index is 7.61. The van der Waals surface area contributed by atoms with Crippen LogP contribution in [0.1, 0.15) is 26.2 Å². The number of hydrogen-bond acceptors (Lipinski definition) is 4. The third-order valence-electron chi connectivity index (χ3n) is 3.19. The second-order valence-electron chi connectivity index (χ2n) is 4.25. The highest BCUT2D eigenvalue weighted by Crippen LogP contribution is 2.29. The first-order valence-electron chi connectivity index (χ1n) is 5.12. The first kappa shape index (κ1) is 11.4. The monoisotopic (exact) mass is 199 g/mol. The summed E-state index contributed by atoms with van der Waals surface area (Å²) in [6, 6.07) is 0.273. The van der Waals surface area contributed by atoms with Crippen molar-refractivity contribution in [2.75, 3.05) is 0 Å². The molecule has 0 saturated heterocycles. The molecular weight excluding hydrogens is 178 g/mol. The van der Waals surface area contributed by atoms with Crippen molar-refractivity contribution in [1.82, 2.24) is 5.43 Å². The summed E-state index contributed by atoms with van der Waals surface area (Å²) in [5.74, 6) is 6.14. The molecule has 8 N–H and O–H groups in total. The molecule has 4 atom stereocenters. The first-order valence-corrected chi connectivity index (χ1v) is 5.12. The lowest BCUT2D eigenvalue weighted by Gasteiger charge is -2.36. The molecule has 0 radical (unpaired) electrons. The van der Waals surface area contributed by atoms with Gasteiger partial charge in [-0.2, -0.15) is 0 Å². The van der Waals surface area contributed by atoms with Gasteiger partial charge in [-0.3, -0.25) is 5.41 Å². The standard InChI is InChI=1S/C9H21N5/c1-5(10)7-4-6(9(12)14-13)2-3-8(7)11/h5-8H,2-4,10-11,13H2,1H3,(H2,12,14). The maximum atomic E-state index is 7.61. The van der Waals surface area contributed by atoms with Crippen LogP contribution >= 0.6 is 0 Å². The van der Waals surface area contributed by atoms with Crippen LogP contribution in [-0.2, 0) is 0 Å². The van der Waals surface area contributed by atoms with E-state index in [0.29, 0.717) is 11.8 Å². The van der Waals surface area contributed by atoms with Crippen molar-refractivity contribution in [2.45, 2.75) is 38.3 Å². The summed E-state index contributed by atoms with van der Waals surface area (Å²) >= 11 is 0. The zero-order chi connectivity index (χ0) is 10.7. The minimum Gasteiger partial charge on any atom is -0.328 e. The van der Waals surface area contributed by atoms with Crippen LogP contribution in [-0.4, -0.2) is 17.9 Å². The van der Waals surface area contributed by atoms with Crippen molar-refractivity contribution >= 4 is 5.84 Å². The smallest absolute Gasteiger partial charge is 0.111 e. The Morgan fingerprint density at radius 3 is 2.64 bits per heavy atom. The lowest BCUT2D eigenvalue weighted by Crippen LogP contribution is -2.48. The van der Waals surface area contributed by atoms with Crippen LogP contribution in [0.2, 0.25) is 0 Å². The zero-order valence-corrected chi connectivity index (χ0v) is 8.66. The highest BCUT2D eigenvalue weighted by molar-refractivity contribution is 5.80. The van der Waals surface area contributed by atoms with E-state index in [0.717, 1.165) is 19.3 Å². The Morgan fingerprint density at radius 2 is 2.14 bits per heavy atom. The van der Waals surface area contributed by atoms with E-state index in [4.69, 9.17) is 22.7 Å².